The highest BCUT2D eigenvalue weighted by Crippen LogP contribution is 2.30. The van der Waals surface area contributed by atoms with Crippen molar-refractivity contribution in [2.75, 3.05) is 45.2 Å². The van der Waals surface area contributed by atoms with E-state index in [0.717, 1.165) is 48.2 Å². The first-order valence-corrected chi connectivity index (χ1v) is 10.1. The molecule has 2 saturated heterocycles. The molecule has 2 aliphatic heterocycles. The van der Waals surface area contributed by atoms with Crippen LogP contribution in [-0.4, -0.2) is 61.9 Å². The number of aryl methyl sites for hydroxylation is 1. The van der Waals surface area contributed by atoms with Gasteiger partial charge in [0.25, 0.3) is 0 Å². The van der Waals surface area contributed by atoms with Gasteiger partial charge in [-0.05, 0) is 63.5 Å². The van der Waals surface area contributed by atoms with Crippen LogP contribution < -0.4 is 4.90 Å². The minimum atomic E-state index is -0.211. The Morgan fingerprint density at radius 1 is 1.27 bits per heavy atom. The highest BCUT2D eigenvalue weighted by atomic mass is 79.9. The summed E-state index contributed by atoms with van der Waals surface area (Å²) in [4.78, 5) is 31.3. The number of benzene rings is 1. The van der Waals surface area contributed by atoms with Gasteiger partial charge < -0.3 is 14.7 Å². The summed E-state index contributed by atoms with van der Waals surface area (Å²) in [6, 6.07) is 5.90. The molecule has 2 amide bonds. The van der Waals surface area contributed by atoms with Gasteiger partial charge >= 0.3 is 0 Å². The molecule has 0 N–H and O–H groups in total. The van der Waals surface area contributed by atoms with Crippen LogP contribution in [0.5, 0.6) is 0 Å². The van der Waals surface area contributed by atoms with Crippen LogP contribution in [0.25, 0.3) is 0 Å². The molecule has 1 atom stereocenters. The summed E-state index contributed by atoms with van der Waals surface area (Å²) in [5, 5.41) is 0. The Hall–Kier alpha value is -1.40. The third-order valence-corrected chi connectivity index (χ3v) is 6.37. The van der Waals surface area contributed by atoms with Crippen molar-refractivity contribution in [1.82, 2.24) is 9.80 Å². The zero-order valence-electron chi connectivity index (χ0n) is 15.9. The van der Waals surface area contributed by atoms with E-state index in [2.05, 4.69) is 34.9 Å². The summed E-state index contributed by atoms with van der Waals surface area (Å²) in [5.41, 5.74) is 1.98. The largest absolute Gasteiger partial charge is 0.342 e. The van der Waals surface area contributed by atoms with E-state index in [4.69, 9.17) is 0 Å². The molecule has 142 valence electrons. The van der Waals surface area contributed by atoms with E-state index in [-0.39, 0.29) is 17.7 Å². The lowest BCUT2D eigenvalue weighted by Gasteiger charge is -2.34. The first-order valence-electron chi connectivity index (χ1n) is 9.35. The first kappa shape index (κ1) is 19.4. The van der Waals surface area contributed by atoms with Crippen LogP contribution in [-0.2, 0) is 9.59 Å². The number of rotatable bonds is 4. The van der Waals surface area contributed by atoms with E-state index in [9.17, 15) is 9.59 Å². The highest BCUT2D eigenvalue weighted by molar-refractivity contribution is 9.10. The molecule has 2 heterocycles. The average Bonchev–Trinajstić information content (AvgIpc) is 2.99. The Morgan fingerprint density at radius 3 is 2.58 bits per heavy atom. The Morgan fingerprint density at radius 2 is 1.96 bits per heavy atom. The first-order chi connectivity index (χ1) is 12.3. The number of nitrogens with zero attached hydrogens (tertiary/aromatic N) is 3. The Bertz CT molecular complexity index is 684. The van der Waals surface area contributed by atoms with Gasteiger partial charge in [0.05, 0.1) is 5.92 Å². The van der Waals surface area contributed by atoms with Gasteiger partial charge in [0.2, 0.25) is 11.8 Å². The molecule has 2 aliphatic rings. The maximum atomic E-state index is 12.9. The lowest BCUT2D eigenvalue weighted by Crippen LogP contribution is -2.43. The average molecular weight is 422 g/mol. The summed E-state index contributed by atoms with van der Waals surface area (Å²) in [6.07, 6.45) is 2.44. The normalized spacial score (nSPS) is 21.7. The zero-order chi connectivity index (χ0) is 18.8. The molecule has 26 heavy (non-hydrogen) atoms. The minimum Gasteiger partial charge on any atom is -0.342 e. The van der Waals surface area contributed by atoms with Crippen molar-refractivity contribution in [1.29, 1.82) is 0 Å². The number of carbonyl (C=O) groups is 2. The van der Waals surface area contributed by atoms with Crippen LogP contribution >= 0.6 is 15.9 Å². The molecule has 0 saturated carbocycles. The van der Waals surface area contributed by atoms with E-state index in [1.807, 2.05) is 30.0 Å². The SMILES string of the molecule is Cc1cc(N2C[C@H](C(=O)N3CCC(CN(C)C)CC3)CC2=O)ccc1Br. The molecule has 0 aliphatic carbocycles. The summed E-state index contributed by atoms with van der Waals surface area (Å²) in [5.74, 6) is 0.656. The lowest BCUT2D eigenvalue weighted by molar-refractivity contribution is -0.137. The molecule has 0 radical (unpaired) electrons. The number of hydrogen-bond acceptors (Lipinski definition) is 3. The fraction of sp³-hybridized carbons (Fsp3) is 0.600. The van der Waals surface area contributed by atoms with Crippen molar-refractivity contribution in [3.8, 4) is 0 Å². The van der Waals surface area contributed by atoms with E-state index >= 15 is 0 Å². The predicted octanol–water partition coefficient (Wildman–Crippen LogP) is 2.91. The number of hydrogen-bond donors (Lipinski definition) is 0. The van der Waals surface area contributed by atoms with Gasteiger partial charge in [0.15, 0.2) is 0 Å². The predicted molar refractivity (Wildman–Crippen MR) is 107 cm³/mol. The van der Waals surface area contributed by atoms with Gasteiger partial charge in [0, 0.05) is 42.8 Å². The molecule has 0 bridgehead atoms. The summed E-state index contributed by atoms with van der Waals surface area (Å²) >= 11 is 3.49. The van der Waals surface area contributed by atoms with E-state index in [1.165, 1.54) is 0 Å². The van der Waals surface area contributed by atoms with Crippen LogP contribution in [0.3, 0.4) is 0 Å². The second-order valence-corrected chi connectivity index (χ2v) is 8.72. The maximum absolute atomic E-state index is 12.9. The van der Waals surface area contributed by atoms with Crippen LogP contribution in [0.2, 0.25) is 0 Å². The Kier molecular flexibility index (Phi) is 6.03. The molecule has 6 heteroatoms. The molecule has 3 rings (SSSR count). The standard InChI is InChI=1S/C20H28BrN3O2/c1-14-10-17(4-5-18(14)21)24-13-16(11-19(24)25)20(26)23-8-6-15(7-9-23)12-22(2)3/h4-5,10,15-16H,6-9,11-13H2,1-3H3/t16-/m1/s1. The quantitative estimate of drug-likeness (QED) is 0.750. The summed E-state index contributed by atoms with van der Waals surface area (Å²) in [6.45, 7) is 5.23. The van der Waals surface area contributed by atoms with Crippen LogP contribution in [0.15, 0.2) is 22.7 Å². The second-order valence-electron chi connectivity index (χ2n) is 7.87. The van der Waals surface area contributed by atoms with Gasteiger partial charge in [0.1, 0.15) is 0 Å². The van der Waals surface area contributed by atoms with Gasteiger partial charge in [-0.3, -0.25) is 9.59 Å². The molecule has 0 aromatic heterocycles. The van der Waals surface area contributed by atoms with Gasteiger partial charge in [-0.25, -0.2) is 0 Å². The fourth-order valence-corrected chi connectivity index (χ4v) is 4.28. The van der Waals surface area contributed by atoms with Crippen LogP contribution in [0, 0.1) is 18.8 Å². The summed E-state index contributed by atoms with van der Waals surface area (Å²) < 4.78 is 1.03. The molecule has 0 spiro atoms. The molecule has 1 aromatic rings. The lowest BCUT2D eigenvalue weighted by atomic mass is 9.95. The second kappa shape index (κ2) is 8.09. The zero-order valence-corrected chi connectivity index (χ0v) is 17.5. The van der Waals surface area contributed by atoms with E-state index in [0.29, 0.717) is 18.9 Å². The van der Waals surface area contributed by atoms with Crippen LogP contribution in [0.4, 0.5) is 5.69 Å². The third kappa shape index (κ3) is 4.29. The topological polar surface area (TPSA) is 43.9 Å². The number of likely N-dealkylation sites (tertiary alicyclic amines) is 1. The Balaban J connectivity index is 1.60. The number of anilines is 1. The number of amides is 2. The highest BCUT2D eigenvalue weighted by Gasteiger charge is 2.38. The maximum Gasteiger partial charge on any atom is 0.228 e. The van der Waals surface area contributed by atoms with Crippen molar-refractivity contribution in [2.24, 2.45) is 11.8 Å². The van der Waals surface area contributed by atoms with Crippen molar-refractivity contribution in [2.45, 2.75) is 26.2 Å². The smallest absolute Gasteiger partial charge is 0.228 e. The summed E-state index contributed by atoms with van der Waals surface area (Å²) in [7, 11) is 4.19. The van der Waals surface area contributed by atoms with E-state index in [1.54, 1.807) is 4.90 Å². The van der Waals surface area contributed by atoms with Gasteiger partial charge in [-0.1, -0.05) is 15.9 Å². The monoisotopic (exact) mass is 421 g/mol. The third-order valence-electron chi connectivity index (χ3n) is 5.48. The van der Waals surface area contributed by atoms with Gasteiger partial charge in [-0.15, -0.1) is 0 Å². The van der Waals surface area contributed by atoms with Crippen molar-refractivity contribution >= 4 is 33.4 Å². The van der Waals surface area contributed by atoms with Gasteiger partial charge in [-0.2, -0.15) is 0 Å². The minimum absolute atomic E-state index is 0.0487. The molecular formula is C20H28BrN3O2. The number of piperidine rings is 1. The fourth-order valence-electron chi connectivity index (χ4n) is 4.03. The van der Waals surface area contributed by atoms with Crippen LogP contribution in [0.1, 0.15) is 24.8 Å². The van der Waals surface area contributed by atoms with Crippen molar-refractivity contribution in [3.63, 3.8) is 0 Å². The number of carbonyl (C=O) groups excluding carboxylic acids is 2. The Labute approximate surface area is 164 Å². The van der Waals surface area contributed by atoms with Crippen molar-refractivity contribution < 1.29 is 9.59 Å². The molecule has 2 fully saturated rings. The number of halogens is 1. The molecule has 0 unspecified atom stereocenters. The molecular weight excluding hydrogens is 394 g/mol. The molecule has 5 nitrogen and oxygen atoms in total. The molecule has 1 aromatic carbocycles. The van der Waals surface area contributed by atoms with E-state index < -0.39 is 0 Å². The van der Waals surface area contributed by atoms with Crippen molar-refractivity contribution in [3.05, 3.63) is 28.2 Å².